The standard InChI is InChI=1S/C20H31N3O3/c1-15(2)20(17-6-8-18(26-4)9-7-17)21-19(25)14-22-10-5-11-23(13-12-22)16(3)24/h6-9,15,20H,5,10-14H2,1-4H3,(H,21,25). The van der Waals surface area contributed by atoms with E-state index in [4.69, 9.17) is 4.74 Å². The monoisotopic (exact) mass is 361 g/mol. The van der Waals surface area contributed by atoms with Crippen LogP contribution in [0.4, 0.5) is 0 Å². The van der Waals surface area contributed by atoms with Gasteiger partial charge in [0.2, 0.25) is 11.8 Å². The van der Waals surface area contributed by atoms with E-state index in [9.17, 15) is 9.59 Å². The van der Waals surface area contributed by atoms with Gasteiger partial charge in [-0.1, -0.05) is 26.0 Å². The zero-order valence-corrected chi connectivity index (χ0v) is 16.3. The van der Waals surface area contributed by atoms with Gasteiger partial charge in [-0.05, 0) is 30.0 Å². The van der Waals surface area contributed by atoms with Gasteiger partial charge in [-0.15, -0.1) is 0 Å². The van der Waals surface area contributed by atoms with Gasteiger partial charge in [-0.3, -0.25) is 14.5 Å². The first-order chi connectivity index (χ1) is 12.4. The Hall–Kier alpha value is -2.08. The Labute approximate surface area is 156 Å². The molecule has 2 amide bonds. The lowest BCUT2D eigenvalue weighted by molar-refractivity contribution is -0.128. The molecule has 1 aliphatic heterocycles. The molecule has 0 aliphatic carbocycles. The summed E-state index contributed by atoms with van der Waals surface area (Å²) in [5.74, 6) is 1.22. The summed E-state index contributed by atoms with van der Waals surface area (Å²) in [7, 11) is 1.64. The van der Waals surface area contributed by atoms with E-state index in [1.54, 1.807) is 14.0 Å². The van der Waals surface area contributed by atoms with Crippen molar-refractivity contribution in [2.75, 3.05) is 39.8 Å². The minimum Gasteiger partial charge on any atom is -0.497 e. The van der Waals surface area contributed by atoms with E-state index < -0.39 is 0 Å². The molecule has 1 N–H and O–H groups in total. The Morgan fingerprint density at radius 2 is 1.81 bits per heavy atom. The van der Waals surface area contributed by atoms with Gasteiger partial charge in [0, 0.05) is 33.1 Å². The lowest BCUT2D eigenvalue weighted by Gasteiger charge is -2.26. The summed E-state index contributed by atoms with van der Waals surface area (Å²) in [4.78, 5) is 28.1. The molecular formula is C20H31N3O3. The molecule has 0 radical (unpaired) electrons. The summed E-state index contributed by atoms with van der Waals surface area (Å²) in [5, 5.41) is 3.17. The molecule has 1 saturated heterocycles. The molecule has 1 heterocycles. The van der Waals surface area contributed by atoms with Gasteiger partial charge in [0.25, 0.3) is 0 Å². The predicted octanol–water partition coefficient (Wildman–Crippen LogP) is 2.06. The molecule has 1 unspecified atom stereocenters. The number of amides is 2. The van der Waals surface area contributed by atoms with E-state index in [-0.39, 0.29) is 23.8 Å². The first-order valence-electron chi connectivity index (χ1n) is 9.32. The average Bonchev–Trinajstić information content (AvgIpc) is 2.85. The van der Waals surface area contributed by atoms with Crippen molar-refractivity contribution in [1.82, 2.24) is 15.1 Å². The third-order valence-corrected chi connectivity index (χ3v) is 4.86. The number of carbonyl (C=O) groups excluding carboxylic acids is 2. The number of rotatable bonds is 6. The van der Waals surface area contributed by atoms with Crippen molar-refractivity contribution in [3.05, 3.63) is 29.8 Å². The van der Waals surface area contributed by atoms with Crippen molar-refractivity contribution in [2.24, 2.45) is 5.92 Å². The van der Waals surface area contributed by atoms with Crippen LogP contribution in [-0.2, 0) is 9.59 Å². The van der Waals surface area contributed by atoms with Gasteiger partial charge in [-0.25, -0.2) is 0 Å². The normalized spacial score (nSPS) is 16.9. The number of hydrogen-bond donors (Lipinski definition) is 1. The molecule has 1 aromatic carbocycles. The summed E-state index contributed by atoms with van der Waals surface area (Å²) in [6.07, 6.45) is 0.902. The molecule has 6 nitrogen and oxygen atoms in total. The number of nitrogens with zero attached hydrogens (tertiary/aromatic N) is 2. The third-order valence-electron chi connectivity index (χ3n) is 4.86. The summed E-state index contributed by atoms with van der Waals surface area (Å²) in [6, 6.07) is 7.80. The first kappa shape index (κ1) is 20.2. The van der Waals surface area contributed by atoms with Gasteiger partial charge in [0.15, 0.2) is 0 Å². The Morgan fingerprint density at radius 3 is 2.38 bits per heavy atom. The fourth-order valence-corrected chi connectivity index (χ4v) is 3.31. The Morgan fingerprint density at radius 1 is 1.12 bits per heavy atom. The van der Waals surface area contributed by atoms with Crippen LogP contribution in [-0.4, -0.2) is 61.4 Å². The summed E-state index contributed by atoms with van der Waals surface area (Å²) < 4.78 is 5.21. The molecular weight excluding hydrogens is 330 g/mol. The maximum atomic E-state index is 12.6. The molecule has 144 valence electrons. The lowest BCUT2D eigenvalue weighted by atomic mass is 9.96. The fraction of sp³-hybridized carbons (Fsp3) is 0.600. The van der Waals surface area contributed by atoms with Crippen LogP contribution < -0.4 is 10.1 Å². The van der Waals surface area contributed by atoms with Crippen LogP contribution in [0.5, 0.6) is 5.75 Å². The van der Waals surface area contributed by atoms with E-state index in [0.717, 1.165) is 37.4 Å². The Bertz CT molecular complexity index is 601. The van der Waals surface area contributed by atoms with E-state index in [2.05, 4.69) is 24.1 Å². The van der Waals surface area contributed by atoms with Crippen LogP contribution in [0.25, 0.3) is 0 Å². The van der Waals surface area contributed by atoms with Crippen molar-refractivity contribution in [3.8, 4) is 5.75 Å². The minimum absolute atomic E-state index is 0.0239. The van der Waals surface area contributed by atoms with Crippen LogP contribution in [0, 0.1) is 5.92 Å². The molecule has 0 saturated carbocycles. The summed E-state index contributed by atoms with van der Waals surface area (Å²) in [6.45, 7) is 9.21. The smallest absolute Gasteiger partial charge is 0.234 e. The van der Waals surface area contributed by atoms with Crippen LogP contribution in [0.3, 0.4) is 0 Å². The maximum Gasteiger partial charge on any atom is 0.234 e. The van der Waals surface area contributed by atoms with Crippen LogP contribution in [0.15, 0.2) is 24.3 Å². The molecule has 1 aliphatic rings. The molecule has 2 rings (SSSR count). The second-order valence-corrected chi connectivity index (χ2v) is 7.20. The molecule has 26 heavy (non-hydrogen) atoms. The van der Waals surface area contributed by atoms with E-state index in [1.807, 2.05) is 29.2 Å². The van der Waals surface area contributed by atoms with Crippen molar-refractivity contribution in [2.45, 2.75) is 33.2 Å². The highest BCUT2D eigenvalue weighted by atomic mass is 16.5. The molecule has 1 fully saturated rings. The molecule has 0 bridgehead atoms. The second-order valence-electron chi connectivity index (χ2n) is 7.20. The van der Waals surface area contributed by atoms with Gasteiger partial charge in [-0.2, -0.15) is 0 Å². The van der Waals surface area contributed by atoms with E-state index in [1.165, 1.54) is 0 Å². The maximum absolute atomic E-state index is 12.6. The zero-order valence-electron chi connectivity index (χ0n) is 16.3. The largest absolute Gasteiger partial charge is 0.497 e. The van der Waals surface area contributed by atoms with Gasteiger partial charge < -0.3 is 15.0 Å². The van der Waals surface area contributed by atoms with E-state index >= 15 is 0 Å². The average molecular weight is 361 g/mol. The SMILES string of the molecule is COc1ccc(C(NC(=O)CN2CCCN(C(C)=O)CC2)C(C)C)cc1. The predicted molar refractivity (Wildman–Crippen MR) is 102 cm³/mol. The number of nitrogens with one attached hydrogen (secondary N) is 1. The van der Waals surface area contributed by atoms with Crippen LogP contribution in [0.2, 0.25) is 0 Å². The molecule has 0 spiro atoms. The molecule has 6 heteroatoms. The van der Waals surface area contributed by atoms with Crippen LogP contribution >= 0.6 is 0 Å². The summed E-state index contributed by atoms with van der Waals surface area (Å²) in [5.41, 5.74) is 1.08. The summed E-state index contributed by atoms with van der Waals surface area (Å²) >= 11 is 0. The highest BCUT2D eigenvalue weighted by molar-refractivity contribution is 5.78. The van der Waals surface area contributed by atoms with Crippen molar-refractivity contribution < 1.29 is 14.3 Å². The van der Waals surface area contributed by atoms with Crippen molar-refractivity contribution in [3.63, 3.8) is 0 Å². The van der Waals surface area contributed by atoms with Crippen molar-refractivity contribution >= 4 is 11.8 Å². The van der Waals surface area contributed by atoms with Gasteiger partial charge in [0.05, 0.1) is 19.7 Å². The highest BCUT2D eigenvalue weighted by Gasteiger charge is 2.22. The molecule has 0 aromatic heterocycles. The third kappa shape index (κ3) is 5.73. The number of benzene rings is 1. The van der Waals surface area contributed by atoms with Gasteiger partial charge >= 0.3 is 0 Å². The fourth-order valence-electron chi connectivity index (χ4n) is 3.31. The highest BCUT2D eigenvalue weighted by Crippen LogP contribution is 2.23. The zero-order chi connectivity index (χ0) is 19.1. The van der Waals surface area contributed by atoms with Crippen molar-refractivity contribution in [1.29, 1.82) is 0 Å². The topological polar surface area (TPSA) is 61.9 Å². The molecule has 1 atom stereocenters. The Kier molecular flexibility index (Phi) is 7.45. The number of ether oxygens (including phenoxy) is 1. The molecule has 1 aromatic rings. The van der Waals surface area contributed by atoms with E-state index in [0.29, 0.717) is 13.1 Å². The number of carbonyl (C=O) groups is 2. The Balaban J connectivity index is 1.94. The quantitative estimate of drug-likeness (QED) is 0.843. The lowest BCUT2D eigenvalue weighted by Crippen LogP contribution is -2.41. The second kappa shape index (κ2) is 9.57. The number of methoxy groups -OCH3 is 1. The van der Waals surface area contributed by atoms with Gasteiger partial charge in [0.1, 0.15) is 5.75 Å². The van der Waals surface area contributed by atoms with Crippen LogP contribution in [0.1, 0.15) is 38.8 Å². The first-order valence-corrected chi connectivity index (χ1v) is 9.32. The number of hydrogen-bond acceptors (Lipinski definition) is 4. The minimum atomic E-state index is -0.0332.